The summed E-state index contributed by atoms with van der Waals surface area (Å²) in [6.45, 7) is 3.62. The summed E-state index contributed by atoms with van der Waals surface area (Å²) in [7, 11) is 0. The van der Waals surface area contributed by atoms with Crippen LogP contribution in [0.15, 0.2) is 96.1 Å². The Morgan fingerprint density at radius 2 is 1.69 bits per heavy atom. The topological polar surface area (TPSA) is 217 Å². The molecule has 262 valence electrons. The van der Waals surface area contributed by atoms with E-state index in [0.29, 0.717) is 39.9 Å². The Hall–Kier alpha value is -6.81. The van der Waals surface area contributed by atoms with E-state index in [9.17, 15) is 24.5 Å². The van der Waals surface area contributed by atoms with Gasteiger partial charge in [0.1, 0.15) is 6.61 Å². The van der Waals surface area contributed by atoms with E-state index >= 15 is 0 Å². The lowest BCUT2D eigenvalue weighted by Crippen LogP contribution is -2.36. The fraction of sp³-hybridized carbons (Fsp3) is 0.171. The zero-order valence-corrected chi connectivity index (χ0v) is 27.5. The van der Waals surface area contributed by atoms with Gasteiger partial charge in [0.05, 0.1) is 29.7 Å². The zero-order chi connectivity index (χ0) is 36.5. The minimum Gasteiger partial charge on any atom is -0.465 e. The number of ether oxygens (including phenoxy) is 3. The number of carbonyl (C=O) groups excluding carboxylic acids is 3. The molecule has 1 atom stereocenters. The molecule has 16 nitrogen and oxygen atoms in total. The van der Waals surface area contributed by atoms with Gasteiger partial charge in [-0.3, -0.25) is 14.2 Å². The van der Waals surface area contributed by atoms with Crippen molar-refractivity contribution in [3.05, 3.63) is 129 Å². The number of hydrogen-bond donors (Lipinski definition) is 2. The number of hydrazine groups is 1. The van der Waals surface area contributed by atoms with Crippen LogP contribution in [0.2, 0.25) is 0 Å². The van der Waals surface area contributed by atoms with Crippen LogP contribution in [0.1, 0.15) is 51.3 Å². The molecule has 0 aliphatic heterocycles. The van der Waals surface area contributed by atoms with Crippen molar-refractivity contribution < 1.29 is 38.5 Å². The SMILES string of the molecule is CCOc1nc2cccc(C(=O)OC(C)OC=O)c2n1Cc1ccc(-c2ccccc2/C(N)=N/N(N)C(=O)c2ccccc2CO[N+](=O)[O-])cc1. The predicted octanol–water partition coefficient (Wildman–Crippen LogP) is 4.17. The minimum atomic E-state index is -1.09. The summed E-state index contributed by atoms with van der Waals surface area (Å²) in [5.41, 5.74) is 10.7. The molecule has 1 unspecified atom stereocenters. The first-order valence-corrected chi connectivity index (χ1v) is 15.5. The average Bonchev–Trinajstić information content (AvgIpc) is 3.47. The molecule has 0 saturated heterocycles. The summed E-state index contributed by atoms with van der Waals surface area (Å²) >= 11 is 0. The molecule has 1 aromatic heterocycles. The quantitative estimate of drug-likeness (QED) is 0.0182. The maximum Gasteiger partial charge on any atom is 0.343 e. The van der Waals surface area contributed by atoms with Crippen molar-refractivity contribution in [3.8, 4) is 17.1 Å². The number of carbonyl (C=O) groups is 3. The summed E-state index contributed by atoms with van der Waals surface area (Å²) in [5, 5.41) is 14.4. The first kappa shape index (κ1) is 35.5. The number of esters is 1. The largest absolute Gasteiger partial charge is 0.465 e. The monoisotopic (exact) mass is 695 g/mol. The summed E-state index contributed by atoms with van der Waals surface area (Å²) < 4.78 is 17.6. The van der Waals surface area contributed by atoms with Crippen LogP contribution in [-0.2, 0) is 32.3 Å². The molecular weight excluding hydrogens is 662 g/mol. The summed E-state index contributed by atoms with van der Waals surface area (Å²) in [6, 6.07) is 26.2. The third-order valence-corrected chi connectivity index (χ3v) is 7.55. The zero-order valence-electron chi connectivity index (χ0n) is 27.5. The number of amides is 1. The molecule has 5 aromatic rings. The first-order valence-electron chi connectivity index (χ1n) is 15.5. The smallest absolute Gasteiger partial charge is 0.343 e. The fourth-order valence-corrected chi connectivity index (χ4v) is 5.28. The molecule has 4 aromatic carbocycles. The van der Waals surface area contributed by atoms with E-state index in [1.807, 2.05) is 43.3 Å². The van der Waals surface area contributed by atoms with Crippen LogP contribution in [0.3, 0.4) is 0 Å². The Balaban J connectivity index is 1.41. The molecule has 0 saturated carbocycles. The standard InChI is InChI=1S/C35H33N7O9/c1-3-48-35-38-30-14-8-13-29(34(45)51-22(2)49-21-43)31(30)40(35)19-23-15-17-24(18-16-23)26-10-6-7-12-28(26)32(36)39-41(37)33(44)27-11-5-4-9-25(27)20-50-42(46)47/h4-18,21-22H,3,19-20,37H2,1-2H3,(H2,36,39). The highest BCUT2D eigenvalue weighted by Gasteiger charge is 2.23. The molecule has 1 heterocycles. The Morgan fingerprint density at radius 1 is 1.00 bits per heavy atom. The number of hydrogen-bond acceptors (Lipinski definition) is 12. The van der Waals surface area contributed by atoms with E-state index in [-0.39, 0.29) is 35.5 Å². The van der Waals surface area contributed by atoms with E-state index in [1.165, 1.54) is 19.1 Å². The van der Waals surface area contributed by atoms with Crippen molar-refractivity contribution in [3.63, 3.8) is 0 Å². The van der Waals surface area contributed by atoms with Crippen LogP contribution >= 0.6 is 0 Å². The van der Waals surface area contributed by atoms with Crippen molar-refractivity contribution in [1.82, 2.24) is 14.7 Å². The van der Waals surface area contributed by atoms with Crippen LogP contribution in [0.5, 0.6) is 6.01 Å². The highest BCUT2D eigenvalue weighted by Crippen LogP contribution is 2.29. The molecule has 1 amide bonds. The van der Waals surface area contributed by atoms with Gasteiger partial charge in [0.25, 0.3) is 23.5 Å². The molecule has 0 aliphatic carbocycles. The highest BCUT2D eigenvalue weighted by molar-refractivity contribution is 6.05. The molecule has 5 rings (SSSR count). The second-order valence-electron chi connectivity index (χ2n) is 10.8. The van der Waals surface area contributed by atoms with Crippen LogP contribution in [-0.4, -0.2) is 56.8 Å². The van der Waals surface area contributed by atoms with Gasteiger partial charge in [-0.25, -0.2) is 10.6 Å². The van der Waals surface area contributed by atoms with Crippen LogP contribution in [0.25, 0.3) is 22.2 Å². The first-order chi connectivity index (χ1) is 24.6. The maximum atomic E-state index is 13.1. The predicted molar refractivity (Wildman–Crippen MR) is 183 cm³/mol. The Kier molecular flexibility index (Phi) is 11.2. The molecule has 0 spiro atoms. The Bertz CT molecular complexity index is 2100. The lowest BCUT2D eigenvalue weighted by molar-refractivity contribution is -0.763. The van der Waals surface area contributed by atoms with Gasteiger partial charge < -0.3 is 24.8 Å². The van der Waals surface area contributed by atoms with E-state index < -0.39 is 29.9 Å². The number of aromatic nitrogens is 2. The number of rotatable bonds is 15. The average molecular weight is 696 g/mol. The van der Waals surface area contributed by atoms with E-state index in [1.54, 1.807) is 47.0 Å². The molecule has 0 bridgehead atoms. The van der Waals surface area contributed by atoms with Crippen LogP contribution in [0.4, 0.5) is 0 Å². The molecule has 4 N–H and O–H groups in total. The van der Waals surface area contributed by atoms with E-state index in [2.05, 4.69) is 14.9 Å². The number of para-hydroxylation sites is 1. The van der Waals surface area contributed by atoms with Crippen molar-refractivity contribution in [1.29, 1.82) is 0 Å². The maximum absolute atomic E-state index is 13.1. The molecule has 0 radical (unpaired) electrons. The van der Waals surface area contributed by atoms with Gasteiger partial charge in [0.15, 0.2) is 5.84 Å². The van der Waals surface area contributed by atoms with Gasteiger partial charge in [0.2, 0.25) is 6.29 Å². The number of fused-ring (bicyclic) bond motifs is 1. The number of imidazole rings is 1. The molecule has 16 heteroatoms. The third kappa shape index (κ3) is 8.26. The van der Waals surface area contributed by atoms with Gasteiger partial charge >= 0.3 is 5.97 Å². The Labute approximate surface area is 290 Å². The molecule has 0 aliphatic rings. The summed E-state index contributed by atoms with van der Waals surface area (Å²) in [5.74, 6) is 4.50. The number of nitrogens with zero attached hydrogens (tertiary/aromatic N) is 5. The van der Waals surface area contributed by atoms with Crippen molar-refractivity contribution >= 4 is 35.2 Å². The normalized spacial score (nSPS) is 11.8. The number of benzene rings is 4. The highest BCUT2D eigenvalue weighted by atomic mass is 16.9. The third-order valence-electron chi connectivity index (χ3n) is 7.55. The van der Waals surface area contributed by atoms with E-state index in [0.717, 1.165) is 11.1 Å². The lowest BCUT2D eigenvalue weighted by atomic mass is 9.98. The van der Waals surface area contributed by atoms with Gasteiger partial charge in [-0.2, -0.15) is 10.1 Å². The summed E-state index contributed by atoms with van der Waals surface area (Å²) in [6.07, 6.45) is -1.09. The van der Waals surface area contributed by atoms with Gasteiger partial charge in [-0.1, -0.05) is 72.8 Å². The fourth-order valence-electron chi connectivity index (χ4n) is 5.28. The minimum absolute atomic E-state index is 0.0527. The van der Waals surface area contributed by atoms with Crippen molar-refractivity contribution in [2.24, 2.45) is 16.7 Å². The van der Waals surface area contributed by atoms with Crippen molar-refractivity contribution in [2.45, 2.75) is 33.3 Å². The number of hydrazone groups is 1. The summed E-state index contributed by atoms with van der Waals surface area (Å²) in [4.78, 5) is 56.6. The molecule has 0 fully saturated rings. The number of nitrogens with two attached hydrogens (primary N) is 2. The number of amidine groups is 1. The molecular formula is C35H33N7O9. The molecule has 51 heavy (non-hydrogen) atoms. The second kappa shape index (κ2) is 16.1. The van der Waals surface area contributed by atoms with Crippen molar-refractivity contribution in [2.75, 3.05) is 6.61 Å². The van der Waals surface area contributed by atoms with Gasteiger partial charge in [-0.05, 0) is 47.4 Å². The van der Waals surface area contributed by atoms with Gasteiger partial charge in [0, 0.05) is 18.1 Å². The lowest BCUT2D eigenvalue weighted by Gasteiger charge is -2.16. The second-order valence-corrected chi connectivity index (χ2v) is 10.8. The van der Waals surface area contributed by atoms with Gasteiger partial charge in [-0.15, -0.1) is 15.2 Å². The van der Waals surface area contributed by atoms with E-state index in [4.69, 9.17) is 25.8 Å². The van der Waals surface area contributed by atoms with Crippen LogP contribution in [0, 0.1) is 10.1 Å². The Morgan fingerprint density at radius 3 is 2.39 bits per heavy atom. The van der Waals surface area contributed by atoms with Crippen LogP contribution < -0.4 is 16.3 Å².